The fourth-order valence-corrected chi connectivity index (χ4v) is 3.33. The van der Waals surface area contributed by atoms with Crippen molar-refractivity contribution >= 4 is 22.4 Å². The molecular formula is C20H16FN3O3S. The second-order valence-corrected chi connectivity index (χ2v) is 6.95. The highest BCUT2D eigenvalue weighted by Crippen LogP contribution is 2.31. The minimum atomic E-state index is -0.384. The quantitative estimate of drug-likeness (QED) is 0.675. The summed E-state index contributed by atoms with van der Waals surface area (Å²) in [5.74, 6) is 0.0286. The molecule has 142 valence electrons. The van der Waals surface area contributed by atoms with Gasteiger partial charge in [-0.25, -0.2) is 9.37 Å². The van der Waals surface area contributed by atoms with Crippen molar-refractivity contribution < 1.29 is 18.7 Å². The van der Waals surface area contributed by atoms with Gasteiger partial charge in [-0.05, 0) is 43.3 Å². The summed E-state index contributed by atoms with van der Waals surface area (Å²) in [6.45, 7) is 1.64. The van der Waals surface area contributed by atoms with Gasteiger partial charge in [0.25, 0.3) is 5.91 Å². The van der Waals surface area contributed by atoms with E-state index in [4.69, 9.17) is 14.7 Å². The van der Waals surface area contributed by atoms with Crippen LogP contribution >= 0.6 is 11.3 Å². The summed E-state index contributed by atoms with van der Waals surface area (Å²) in [5.41, 5.74) is 1.89. The van der Waals surface area contributed by atoms with Crippen LogP contribution < -0.4 is 14.8 Å². The molecule has 0 spiro atoms. The van der Waals surface area contributed by atoms with Crippen LogP contribution in [0, 0.1) is 24.1 Å². The molecule has 0 aliphatic heterocycles. The van der Waals surface area contributed by atoms with Crippen molar-refractivity contribution in [2.75, 3.05) is 19.0 Å². The molecular weight excluding hydrogens is 381 g/mol. The van der Waals surface area contributed by atoms with Crippen molar-refractivity contribution in [3.05, 3.63) is 58.7 Å². The van der Waals surface area contributed by atoms with Crippen LogP contribution in [-0.2, 0) is 4.79 Å². The van der Waals surface area contributed by atoms with Crippen LogP contribution in [0.5, 0.6) is 11.5 Å². The minimum absolute atomic E-state index is 0.243. The molecule has 1 amide bonds. The highest BCUT2D eigenvalue weighted by atomic mass is 32.1. The monoisotopic (exact) mass is 397 g/mol. The van der Waals surface area contributed by atoms with Gasteiger partial charge in [-0.1, -0.05) is 0 Å². The Balaban J connectivity index is 1.65. The van der Waals surface area contributed by atoms with Gasteiger partial charge in [0.2, 0.25) is 0 Å². The number of benzene rings is 2. The van der Waals surface area contributed by atoms with Crippen LogP contribution in [0.4, 0.5) is 9.52 Å². The summed E-state index contributed by atoms with van der Waals surface area (Å²) in [4.78, 5) is 17.5. The van der Waals surface area contributed by atoms with E-state index >= 15 is 0 Å². The van der Waals surface area contributed by atoms with E-state index in [0.717, 1.165) is 10.4 Å². The average molecular weight is 397 g/mol. The number of thiazole rings is 1. The van der Waals surface area contributed by atoms with E-state index in [9.17, 15) is 9.18 Å². The molecule has 0 unspecified atom stereocenters. The number of nitrogens with one attached hydrogen (secondary N) is 1. The summed E-state index contributed by atoms with van der Waals surface area (Å²) in [6, 6.07) is 12.7. The minimum Gasteiger partial charge on any atom is -0.493 e. The summed E-state index contributed by atoms with van der Waals surface area (Å²) in [5, 5.41) is 12.0. The number of anilines is 1. The van der Waals surface area contributed by atoms with Gasteiger partial charge in [-0.2, -0.15) is 5.26 Å². The topological polar surface area (TPSA) is 84.2 Å². The van der Waals surface area contributed by atoms with Gasteiger partial charge >= 0.3 is 0 Å². The Hall–Kier alpha value is -3.44. The van der Waals surface area contributed by atoms with E-state index in [2.05, 4.69) is 10.3 Å². The number of ether oxygens (including phenoxy) is 2. The molecule has 3 rings (SSSR count). The highest BCUT2D eigenvalue weighted by Gasteiger charge is 2.14. The lowest BCUT2D eigenvalue weighted by Crippen LogP contribution is -2.20. The first kappa shape index (κ1) is 19.3. The van der Waals surface area contributed by atoms with E-state index in [1.54, 1.807) is 24.3 Å². The molecule has 0 aliphatic carbocycles. The van der Waals surface area contributed by atoms with Gasteiger partial charge in [-0.15, -0.1) is 11.3 Å². The third kappa shape index (κ3) is 4.45. The lowest BCUT2D eigenvalue weighted by atomic mass is 10.1. The third-order valence-corrected chi connectivity index (χ3v) is 4.70. The summed E-state index contributed by atoms with van der Waals surface area (Å²) in [6.07, 6.45) is 0. The molecule has 0 bridgehead atoms. The Morgan fingerprint density at radius 2 is 2.00 bits per heavy atom. The predicted octanol–water partition coefficient (Wildman–Crippen LogP) is 4.16. The number of methoxy groups -OCH3 is 1. The van der Waals surface area contributed by atoms with Crippen LogP contribution in [0.25, 0.3) is 11.3 Å². The average Bonchev–Trinajstić information content (AvgIpc) is 3.06. The van der Waals surface area contributed by atoms with E-state index in [1.807, 2.05) is 13.0 Å². The largest absolute Gasteiger partial charge is 0.493 e. The lowest BCUT2D eigenvalue weighted by Gasteiger charge is -2.10. The molecule has 0 fully saturated rings. The SMILES string of the molecule is COc1cc(C#N)ccc1OCC(=O)Nc1nc(-c2ccc(F)cc2)c(C)s1. The number of rotatable bonds is 6. The predicted molar refractivity (Wildman–Crippen MR) is 104 cm³/mol. The number of halogens is 1. The third-order valence-electron chi connectivity index (χ3n) is 3.81. The molecule has 0 radical (unpaired) electrons. The van der Waals surface area contributed by atoms with Crippen LogP contribution in [0.2, 0.25) is 0 Å². The molecule has 0 saturated carbocycles. The standard InChI is InChI=1S/C20H16FN3O3S/c1-12-19(14-4-6-15(21)7-5-14)24-20(28-12)23-18(25)11-27-16-8-3-13(10-22)9-17(16)26-2/h3-9H,11H2,1-2H3,(H,23,24,25). The zero-order valence-electron chi connectivity index (χ0n) is 15.2. The zero-order valence-corrected chi connectivity index (χ0v) is 16.0. The van der Waals surface area contributed by atoms with Gasteiger partial charge in [0, 0.05) is 16.5 Å². The number of hydrogen-bond acceptors (Lipinski definition) is 6. The number of nitrogens with zero attached hydrogens (tertiary/aromatic N) is 2. The van der Waals surface area contributed by atoms with E-state index in [0.29, 0.717) is 27.9 Å². The van der Waals surface area contributed by atoms with Crippen molar-refractivity contribution in [2.45, 2.75) is 6.92 Å². The zero-order chi connectivity index (χ0) is 20.1. The highest BCUT2D eigenvalue weighted by molar-refractivity contribution is 7.16. The van der Waals surface area contributed by atoms with E-state index in [-0.39, 0.29) is 18.3 Å². The van der Waals surface area contributed by atoms with Crippen molar-refractivity contribution in [3.8, 4) is 28.8 Å². The van der Waals surface area contributed by atoms with Gasteiger partial charge in [-0.3, -0.25) is 10.1 Å². The number of amides is 1. The number of aromatic nitrogens is 1. The van der Waals surface area contributed by atoms with Gasteiger partial charge in [0.05, 0.1) is 24.4 Å². The van der Waals surface area contributed by atoms with Crippen LogP contribution in [0.1, 0.15) is 10.4 Å². The molecule has 6 nitrogen and oxygen atoms in total. The molecule has 8 heteroatoms. The fraction of sp³-hybridized carbons (Fsp3) is 0.150. The molecule has 1 aromatic heterocycles. The second kappa shape index (κ2) is 8.50. The van der Waals surface area contributed by atoms with Crippen molar-refractivity contribution in [1.82, 2.24) is 4.98 Å². The fourth-order valence-electron chi connectivity index (χ4n) is 2.48. The maximum atomic E-state index is 13.1. The van der Waals surface area contributed by atoms with Crippen LogP contribution in [0.15, 0.2) is 42.5 Å². The Kier molecular flexibility index (Phi) is 5.87. The Morgan fingerprint density at radius 1 is 1.25 bits per heavy atom. The molecule has 0 aliphatic rings. The Bertz CT molecular complexity index is 1040. The van der Waals surface area contributed by atoms with Crippen LogP contribution in [0.3, 0.4) is 0 Å². The molecule has 3 aromatic rings. The van der Waals surface area contributed by atoms with Gasteiger partial charge in [0.1, 0.15) is 5.82 Å². The number of nitriles is 1. The first-order chi connectivity index (χ1) is 13.5. The molecule has 2 aromatic carbocycles. The summed E-state index contributed by atoms with van der Waals surface area (Å²) in [7, 11) is 1.46. The summed E-state index contributed by atoms with van der Waals surface area (Å²) < 4.78 is 23.7. The second-order valence-electron chi connectivity index (χ2n) is 5.74. The van der Waals surface area contributed by atoms with Crippen molar-refractivity contribution in [2.24, 2.45) is 0 Å². The number of hydrogen-bond donors (Lipinski definition) is 1. The number of carbonyl (C=O) groups is 1. The molecule has 1 N–H and O–H groups in total. The Morgan fingerprint density at radius 3 is 2.68 bits per heavy atom. The molecule has 0 saturated heterocycles. The first-order valence-corrected chi connectivity index (χ1v) is 9.06. The molecule has 1 heterocycles. The normalized spacial score (nSPS) is 10.2. The maximum absolute atomic E-state index is 13.1. The van der Waals surface area contributed by atoms with E-state index < -0.39 is 0 Å². The first-order valence-electron chi connectivity index (χ1n) is 8.24. The van der Waals surface area contributed by atoms with Crippen molar-refractivity contribution in [1.29, 1.82) is 5.26 Å². The lowest BCUT2D eigenvalue weighted by molar-refractivity contribution is -0.118. The maximum Gasteiger partial charge on any atom is 0.264 e. The van der Waals surface area contributed by atoms with E-state index in [1.165, 1.54) is 36.6 Å². The number of aryl methyl sites for hydroxylation is 1. The Labute approximate surface area is 165 Å². The van der Waals surface area contributed by atoms with Gasteiger partial charge in [0.15, 0.2) is 23.2 Å². The molecule has 0 atom stereocenters. The summed E-state index contributed by atoms with van der Waals surface area (Å²) >= 11 is 1.32. The van der Waals surface area contributed by atoms with Crippen molar-refractivity contribution in [3.63, 3.8) is 0 Å². The number of carbonyl (C=O) groups excluding carboxylic acids is 1. The van der Waals surface area contributed by atoms with Crippen LogP contribution in [-0.4, -0.2) is 24.6 Å². The smallest absolute Gasteiger partial charge is 0.264 e. The van der Waals surface area contributed by atoms with Gasteiger partial charge < -0.3 is 9.47 Å². The molecule has 28 heavy (non-hydrogen) atoms.